The summed E-state index contributed by atoms with van der Waals surface area (Å²) in [6.45, 7) is 7.39. The van der Waals surface area contributed by atoms with Gasteiger partial charge in [0.15, 0.2) is 0 Å². The van der Waals surface area contributed by atoms with Crippen molar-refractivity contribution < 1.29 is 4.52 Å². The van der Waals surface area contributed by atoms with Crippen molar-refractivity contribution in [3.8, 4) is 28.6 Å². The number of hydrogen-bond acceptors (Lipinski definition) is 5. The third-order valence-corrected chi connectivity index (χ3v) is 5.74. The maximum atomic E-state index is 9.24. The van der Waals surface area contributed by atoms with Crippen LogP contribution in [0.25, 0.3) is 33.5 Å². The molecule has 0 spiro atoms. The lowest BCUT2D eigenvalue weighted by molar-refractivity contribution is 0.393. The van der Waals surface area contributed by atoms with E-state index in [0.29, 0.717) is 12.1 Å². The fraction of sp³-hybridized carbons (Fsp3) is 0.200. The Morgan fingerprint density at radius 1 is 1.09 bits per heavy atom. The van der Waals surface area contributed by atoms with E-state index in [-0.39, 0.29) is 0 Å². The minimum Gasteiger partial charge on any atom is -0.361 e. The molecule has 158 valence electrons. The highest BCUT2D eigenvalue weighted by Crippen LogP contribution is 2.30. The van der Waals surface area contributed by atoms with Crippen LogP contribution in [0.15, 0.2) is 59.4 Å². The van der Waals surface area contributed by atoms with Crippen molar-refractivity contribution >= 4 is 11.0 Å². The van der Waals surface area contributed by atoms with Gasteiger partial charge < -0.3 is 13.7 Å². The maximum absolute atomic E-state index is 9.24. The normalized spacial score (nSPS) is 11.2. The summed E-state index contributed by atoms with van der Waals surface area (Å²) in [4.78, 5) is 9.50. The van der Waals surface area contributed by atoms with Gasteiger partial charge in [-0.2, -0.15) is 5.26 Å². The Hall–Kier alpha value is -4.18. The molecule has 5 aromatic rings. The fourth-order valence-electron chi connectivity index (χ4n) is 4.28. The first-order valence-electron chi connectivity index (χ1n) is 10.5. The minimum absolute atomic E-state index is 0.579. The van der Waals surface area contributed by atoms with Crippen LogP contribution in [0.5, 0.6) is 0 Å². The maximum Gasteiger partial charge on any atom is 0.141 e. The number of rotatable bonds is 5. The van der Waals surface area contributed by atoms with Gasteiger partial charge in [0.2, 0.25) is 0 Å². The monoisotopic (exact) mass is 422 g/mol. The smallest absolute Gasteiger partial charge is 0.141 e. The van der Waals surface area contributed by atoms with Crippen molar-refractivity contribution in [2.45, 2.75) is 33.9 Å². The molecule has 0 radical (unpaired) electrons. The second kappa shape index (κ2) is 7.82. The van der Waals surface area contributed by atoms with Crippen molar-refractivity contribution in [3.05, 3.63) is 77.7 Å². The van der Waals surface area contributed by atoms with E-state index in [1.165, 1.54) is 0 Å². The molecule has 0 bridgehead atoms. The van der Waals surface area contributed by atoms with Gasteiger partial charge in [-0.05, 0) is 50.6 Å². The van der Waals surface area contributed by atoms with Gasteiger partial charge in [0.25, 0.3) is 0 Å². The van der Waals surface area contributed by atoms with Crippen LogP contribution in [0.1, 0.15) is 29.8 Å². The molecule has 0 aliphatic carbocycles. The number of aryl methyl sites for hydroxylation is 3. The van der Waals surface area contributed by atoms with Gasteiger partial charge in [0.1, 0.15) is 17.4 Å². The molecule has 3 aromatic heterocycles. The van der Waals surface area contributed by atoms with E-state index in [4.69, 9.17) is 9.51 Å². The van der Waals surface area contributed by atoms with E-state index < -0.39 is 0 Å². The van der Waals surface area contributed by atoms with Crippen molar-refractivity contribution in [2.75, 3.05) is 0 Å². The zero-order valence-electron chi connectivity index (χ0n) is 18.2. The lowest BCUT2D eigenvalue weighted by atomic mass is 10.0. The Kier molecular flexibility index (Phi) is 4.83. The second-order valence-electron chi connectivity index (χ2n) is 7.75. The van der Waals surface area contributed by atoms with Gasteiger partial charge in [-0.15, -0.1) is 0 Å². The van der Waals surface area contributed by atoms with Gasteiger partial charge in [-0.3, -0.25) is 0 Å². The third kappa shape index (κ3) is 3.26. The molecule has 0 aliphatic rings. The highest BCUT2D eigenvalue weighted by molar-refractivity contribution is 5.83. The summed E-state index contributed by atoms with van der Waals surface area (Å²) < 4.78 is 9.64. The summed E-state index contributed by atoms with van der Waals surface area (Å²) in [6, 6.07) is 16.0. The summed E-state index contributed by atoms with van der Waals surface area (Å²) in [5, 5.41) is 13.3. The number of fused-ring (bicyclic) bond motifs is 1. The van der Waals surface area contributed by atoms with Gasteiger partial charge in [0, 0.05) is 30.1 Å². The summed E-state index contributed by atoms with van der Waals surface area (Å²) in [5.41, 5.74) is 6.50. The van der Waals surface area contributed by atoms with E-state index in [9.17, 15) is 5.26 Å². The van der Waals surface area contributed by atoms with E-state index in [0.717, 1.165) is 57.4 Å². The van der Waals surface area contributed by atoms with Crippen molar-refractivity contribution in [2.24, 2.45) is 0 Å². The molecule has 3 heterocycles. The Morgan fingerprint density at radius 2 is 1.97 bits per heavy atom. The van der Waals surface area contributed by atoms with Crippen molar-refractivity contribution in [1.82, 2.24) is 24.3 Å². The van der Waals surface area contributed by atoms with Crippen LogP contribution in [-0.2, 0) is 13.1 Å². The summed E-state index contributed by atoms with van der Waals surface area (Å²) >= 11 is 0. The van der Waals surface area contributed by atoms with Crippen molar-refractivity contribution in [3.63, 3.8) is 0 Å². The molecule has 0 saturated carbocycles. The molecule has 0 N–H and O–H groups in total. The molecule has 0 saturated heterocycles. The number of hydrogen-bond donors (Lipinski definition) is 0. The molecule has 2 aromatic carbocycles. The lowest BCUT2D eigenvalue weighted by Gasteiger charge is -2.10. The highest BCUT2D eigenvalue weighted by atomic mass is 16.5. The van der Waals surface area contributed by atoms with E-state index >= 15 is 0 Å². The Labute approximate surface area is 185 Å². The molecule has 7 nitrogen and oxygen atoms in total. The third-order valence-electron chi connectivity index (χ3n) is 5.74. The summed E-state index contributed by atoms with van der Waals surface area (Å²) in [7, 11) is 0. The van der Waals surface area contributed by atoms with Crippen LogP contribution in [-0.4, -0.2) is 24.3 Å². The van der Waals surface area contributed by atoms with Gasteiger partial charge in [-0.1, -0.05) is 23.4 Å². The molecule has 32 heavy (non-hydrogen) atoms. The number of imidazole rings is 2. The fourth-order valence-corrected chi connectivity index (χ4v) is 4.28. The number of benzene rings is 2. The zero-order valence-corrected chi connectivity index (χ0v) is 18.2. The number of nitriles is 1. The van der Waals surface area contributed by atoms with E-state index in [1.54, 1.807) is 12.3 Å². The van der Waals surface area contributed by atoms with Crippen molar-refractivity contribution in [1.29, 1.82) is 5.26 Å². The number of aromatic nitrogens is 5. The predicted molar refractivity (Wildman–Crippen MR) is 122 cm³/mol. The van der Waals surface area contributed by atoms with Crippen LogP contribution in [0.3, 0.4) is 0 Å². The molecular formula is C25H22N6O. The van der Waals surface area contributed by atoms with Crippen LogP contribution in [0.4, 0.5) is 0 Å². The Balaban J connectivity index is 1.56. The second-order valence-corrected chi connectivity index (χ2v) is 7.75. The first-order valence-corrected chi connectivity index (χ1v) is 10.5. The SMILES string of the molecule is CCn1c(Cn2ccnc2-c2cccc(C#N)c2)nc2cc(-c3c(C)noc3C)ccc21. The molecule has 0 fully saturated rings. The van der Waals surface area contributed by atoms with E-state index in [2.05, 4.69) is 50.5 Å². The Morgan fingerprint density at radius 3 is 2.72 bits per heavy atom. The lowest BCUT2D eigenvalue weighted by Crippen LogP contribution is -2.08. The van der Waals surface area contributed by atoms with Crippen LogP contribution >= 0.6 is 0 Å². The largest absolute Gasteiger partial charge is 0.361 e. The Bertz CT molecular complexity index is 1460. The average Bonchev–Trinajstić information content (AvgIpc) is 3.50. The topological polar surface area (TPSA) is 85.5 Å². The molecule has 0 amide bonds. The molecular weight excluding hydrogens is 400 g/mol. The molecule has 0 atom stereocenters. The minimum atomic E-state index is 0.579. The van der Waals surface area contributed by atoms with Gasteiger partial charge in [-0.25, -0.2) is 9.97 Å². The van der Waals surface area contributed by atoms with Gasteiger partial charge in [0.05, 0.1) is 34.9 Å². The molecule has 7 heteroatoms. The predicted octanol–water partition coefficient (Wildman–Crippen LogP) is 5.11. The standard InChI is InChI=1S/C25H22N6O/c1-4-31-22-9-8-19(24-16(2)29-32-17(24)3)13-21(22)28-23(31)15-30-11-10-27-25(30)20-7-5-6-18(12-20)14-26/h5-13H,4,15H2,1-3H3. The van der Waals surface area contributed by atoms with E-state index in [1.807, 2.05) is 38.2 Å². The van der Waals surface area contributed by atoms with Crippen LogP contribution in [0.2, 0.25) is 0 Å². The highest BCUT2D eigenvalue weighted by Gasteiger charge is 2.16. The quantitative estimate of drug-likeness (QED) is 0.393. The van der Waals surface area contributed by atoms with Crippen LogP contribution < -0.4 is 0 Å². The molecule has 5 rings (SSSR count). The summed E-state index contributed by atoms with van der Waals surface area (Å²) in [6.07, 6.45) is 3.73. The van der Waals surface area contributed by atoms with Crippen LogP contribution in [0, 0.1) is 25.2 Å². The zero-order chi connectivity index (χ0) is 22.2. The molecule has 0 unspecified atom stereocenters. The molecule has 0 aliphatic heterocycles. The first kappa shape index (κ1) is 19.8. The number of nitrogens with zero attached hydrogens (tertiary/aromatic N) is 6. The average molecular weight is 422 g/mol. The van der Waals surface area contributed by atoms with Gasteiger partial charge >= 0.3 is 0 Å². The summed E-state index contributed by atoms with van der Waals surface area (Å²) in [5.74, 6) is 2.57. The first-order chi connectivity index (χ1) is 15.6.